The monoisotopic (exact) mass is 240 g/mol. The first-order valence-electron chi connectivity index (χ1n) is 5.64. The molecule has 1 aliphatic heterocycles. The summed E-state index contributed by atoms with van der Waals surface area (Å²) >= 11 is 1.80. The molecule has 0 bridgehead atoms. The lowest BCUT2D eigenvalue weighted by molar-refractivity contribution is 0.128. The van der Waals surface area contributed by atoms with Crippen LogP contribution in [-0.2, 0) is 11.3 Å². The van der Waals surface area contributed by atoms with E-state index in [1.807, 2.05) is 0 Å². The van der Waals surface area contributed by atoms with Gasteiger partial charge in [-0.1, -0.05) is 13.0 Å². The Hall–Kier alpha value is -0.420. The van der Waals surface area contributed by atoms with E-state index in [2.05, 4.69) is 36.4 Å². The highest BCUT2D eigenvalue weighted by atomic mass is 32.1. The Kier molecular flexibility index (Phi) is 3.64. The van der Waals surface area contributed by atoms with E-state index in [-0.39, 0.29) is 11.5 Å². The SMILES string of the molecule is CN(Cc1cccs1)CC1(C)COCC1N. The first-order valence-corrected chi connectivity index (χ1v) is 6.52. The van der Waals surface area contributed by atoms with E-state index in [1.54, 1.807) is 11.3 Å². The molecule has 2 N–H and O–H groups in total. The maximum Gasteiger partial charge on any atom is 0.0624 e. The van der Waals surface area contributed by atoms with Crippen LogP contribution in [-0.4, -0.2) is 37.7 Å². The second-order valence-corrected chi connectivity index (χ2v) is 6.06. The number of thiophene rings is 1. The van der Waals surface area contributed by atoms with Crippen LogP contribution in [0.2, 0.25) is 0 Å². The van der Waals surface area contributed by atoms with E-state index in [1.165, 1.54) is 4.88 Å². The molecule has 2 unspecified atom stereocenters. The summed E-state index contributed by atoms with van der Waals surface area (Å²) < 4.78 is 5.46. The van der Waals surface area contributed by atoms with Crippen LogP contribution >= 0.6 is 11.3 Å². The quantitative estimate of drug-likeness (QED) is 0.867. The van der Waals surface area contributed by atoms with Crippen molar-refractivity contribution < 1.29 is 4.74 Å². The zero-order valence-electron chi connectivity index (χ0n) is 9.98. The van der Waals surface area contributed by atoms with Crippen LogP contribution in [0.4, 0.5) is 0 Å². The van der Waals surface area contributed by atoms with Gasteiger partial charge in [-0.2, -0.15) is 0 Å². The summed E-state index contributed by atoms with van der Waals surface area (Å²) in [6.07, 6.45) is 0. The van der Waals surface area contributed by atoms with E-state index in [0.717, 1.165) is 19.7 Å². The zero-order chi connectivity index (χ0) is 11.6. The molecule has 2 rings (SSSR count). The van der Waals surface area contributed by atoms with E-state index in [4.69, 9.17) is 10.5 Å². The van der Waals surface area contributed by atoms with Gasteiger partial charge in [0, 0.05) is 29.4 Å². The molecular formula is C12H20N2OS. The zero-order valence-corrected chi connectivity index (χ0v) is 10.8. The van der Waals surface area contributed by atoms with Crippen LogP contribution in [0.25, 0.3) is 0 Å². The van der Waals surface area contributed by atoms with Crippen LogP contribution in [0.5, 0.6) is 0 Å². The molecule has 90 valence electrons. The Morgan fingerprint density at radius 1 is 1.69 bits per heavy atom. The lowest BCUT2D eigenvalue weighted by Crippen LogP contribution is -2.45. The first-order chi connectivity index (χ1) is 7.60. The largest absolute Gasteiger partial charge is 0.379 e. The Morgan fingerprint density at radius 2 is 2.50 bits per heavy atom. The summed E-state index contributed by atoms with van der Waals surface area (Å²) in [7, 11) is 2.15. The minimum Gasteiger partial charge on any atom is -0.379 e. The Balaban J connectivity index is 1.89. The van der Waals surface area contributed by atoms with Crippen molar-refractivity contribution in [2.24, 2.45) is 11.1 Å². The highest BCUT2D eigenvalue weighted by molar-refractivity contribution is 7.09. The second-order valence-electron chi connectivity index (χ2n) is 5.03. The van der Waals surface area contributed by atoms with Gasteiger partial charge < -0.3 is 15.4 Å². The molecule has 2 heterocycles. The summed E-state index contributed by atoms with van der Waals surface area (Å²) in [6.45, 7) is 5.69. The highest BCUT2D eigenvalue weighted by Gasteiger charge is 2.38. The summed E-state index contributed by atoms with van der Waals surface area (Å²) in [5, 5.41) is 2.12. The third kappa shape index (κ3) is 2.63. The Morgan fingerprint density at radius 3 is 3.06 bits per heavy atom. The number of nitrogens with two attached hydrogens (primary N) is 1. The summed E-state index contributed by atoms with van der Waals surface area (Å²) in [6, 6.07) is 4.44. The van der Waals surface area contributed by atoms with Crippen LogP contribution in [0.3, 0.4) is 0 Å². The molecule has 4 heteroatoms. The number of hydrogen-bond acceptors (Lipinski definition) is 4. The van der Waals surface area contributed by atoms with Crippen molar-refractivity contribution in [3.05, 3.63) is 22.4 Å². The second kappa shape index (κ2) is 4.84. The molecule has 3 nitrogen and oxygen atoms in total. The molecule has 1 aromatic heterocycles. The minimum atomic E-state index is 0.103. The van der Waals surface area contributed by atoms with Crippen molar-refractivity contribution in [2.45, 2.75) is 19.5 Å². The molecule has 0 saturated carbocycles. The predicted molar refractivity (Wildman–Crippen MR) is 67.6 cm³/mol. The molecule has 0 amide bonds. The van der Waals surface area contributed by atoms with Crippen LogP contribution in [0.15, 0.2) is 17.5 Å². The maximum atomic E-state index is 6.09. The fourth-order valence-corrected chi connectivity index (χ4v) is 3.02. The van der Waals surface area contributed by atoms with Crippen molar-refractivity contribution in [3.63, 3.8) is 0 Å². The Bertz CT molecular complexity index is 328. The fourth-order valence-electron chi connectivity index (χ4n) is 2.23. The van der Waals surface area contributed by atoms with Crippen molar-refractivity contribution in [3.8, 4) is 0 Å². The number of hydrogen-bond donors (Lipinski definition) is 1. The number of ether oxygens (including phenoxy) is 1. The van der Waals surface area contributed by atoms with Crippen molar-refractivity contribution in [1.82, 2.24) is 4.90 Å². The molecule has 1 aliphatic rings. The fraction of sp³-hybridized carbons (Fsp3) is 0.667. The number of nitrogens with zero attached hydrogens (tertiary/aromatic N) is 1. The predicted octanol–water partition coefficient (Wildman–Crippen LogP) is 1.54. The molecule has 0 spiro atoms. The normalized spacial score (nSPS) is 30.1. The third-order valence-corrected chi connectivity index (χ3v) is 4.12. The minimum absolute atomic E-state index is 0.103. The van der Waals surface area contributed by atoms with Gasteiger partial charge >= 0.3 is 0 Å². The molecule has 0 aromatic carbocycles. The topological polar surface area (TPSA) is 38.5 Å². The average molecular weight is 240 g/mol. The Labute approximate surface area is 101 Å². The standard InChI is InChI=1S/C12H20N2OS/c1-12(9-15-7-11(12)13)8-14(2)6-10-4-3-5-16-10/h3-5,11H,6-9,13H2,1-2H3. The van der Waals surface area contributed by atoms with Crippen LogP contribution in [0, 0.1) is 5.41 Å². The summed E-state index contributed by atoms with van der Waals surface area (Å²) in [4.78, 5) is 3.74. The van der Waals surface area contributed by atoms with Gasteiger partial charge in [0.25, 0.3) is 0 Å². The van der Waals surface area contributed by atoms with Crippen molar-refractivity contribution in [2.75, 3.05) is 26.8 Å². The molecule has 16 heavy (non-hydrogen) atoms. The van der Waals surface area contributed by atoms with Gasteiger partial charge in [-0.05, 0) is 18.5 Å². The smallest absolute Gasteiger partial charge is 0.0624 e. The molecule has 0 radical (unpaired) electrons. The van der Waals surface area contributed by atoms with Gasteiger partial charge in [-0.25, -0.2) is 0 Å². The molecule has 1 saturated heterocycles. The molecule has 0 aliphatic carbocycles. The van der Waals surface area contributed by atoms with Gasteiger partial charge in [0.1, 0.15) is 0 Å². The average Bonchev–Trinajstić information content (AvgIpc) is 2.79. The lowest BCUT2D eigenvalue weighted by Gasteiger charge is -2.31. The highest BCUT2D eigenvalue weighted by Crippen LogP contribution is 2.28. The summed E-state index contributed by atoms with van der Waals surface area (Å²) in [5.74, 6) is 0. The van der Waals surface area contributed by atoms with Crippen LogP contribution < -0.4 is 5.73 Å². The lowest BCUT2D eigenvalue weighted by atomic mass is 9.85. The van der Waals surface area contributed by atoms with Gasteiger partial charge in [0.15, 0.2) is 0 Å². The van der Waals surface area contributed by atoms with Crippen LogP contribution in [0.1, 0.15) is 11.8 Å². The van der Waals surface area contributed by atoms with Gasteiger partial charge in [-0.15, -0.1) is 11.3 Å². The maximum absolute atomic E-state index is 6.09. The first kappa shape index (κ1) is 12.0. The third-order valence-electron chi connectivity index (χ3n) is 3.26. The van der Waals surface area contributed by atoms with Gasteiger partial charge in [0.05, 0.1) is 13.2 Å². The van der Waals surface area contributed by atoms with Crippen molar-refractivity contribution >= 4 is 11.3 Å². The van der Waals surface area contributed by atoms with E-state index in [0.29, 0.717) is 6.61 Å². The van der Waals surface area contributed by atoms with Gasteiger partial charge in [0.2, 0.25) is 0 Å². The molecule has 2 atom stereocenters. The summed E-state index contributed by atoms with van der Waals surface area (Å²) in [5.41, 5.74) is 6.19. The molecular weight excluding hydrogens is 220 g/mol. The van der Waals surface area contributed by atoms with E-state index >= 15 is 0 Å². The van der Waals surface area contributed by atoms with Crippen molar-refractivity contribution in [1.29, 1.82) is 0 Å². The molecule has 1 aromatic rings. The van der Waals surface area contributed by atoms with E-state index < -0.39 is 0 Å². The van der Waals surface area contributed by atoms with Gasteiger partial charge in [-0.3, -0.25) is 0 Å². The van der Waals surface area contributed by atoms with E-state index in [9.17, 15) is 0 Å². The molecule has 1 fully saturated rings. The number of rotatable bonds is 4.